The molecule has 0 aromatic heterocycles. The number of phosphoric acid groups is 1. The standard InChI is InChI=1S/C11H9O6P/c12-7-9-6-10(16-18(14,15)17-13)5-8-3-1-2-4-11(8)9/h1-7,13H,(H,14,15). The molecule has 0 bridgehead atoms. The van der Waals surface area contributed by atoms with Crippen LogP contribution in [0.3, 0.4) is 0 Å². The highest BCUT2D eigenvalue weighted by molar-refractivity contribution is 7.47. The van der Waals surface area contributed by atoms with Gasteiger partial charge in [0.05, 0.1) is 0 Å². The van der Waals surface area contributed by atoms with Crippen LogP contribution in [-0.2, 0) is 9.24 Å². The summed E-state index contributed by atoms with van der Waals surface area (Å²) < 4.78 is 19.0. The van der Waals surface area contributed by atoms with Gasteiger partial charge in [0.2, 0.25) is 0 Å². The summed E-state index contributed by atoms with van der Waals surface area (Å²) in [6.45, 7) is 0. The molecule has 0 aliphatic carbocycles. The van der Waals surface area contributed by atoms with E-state index in [4.69, 9.17) is 10.2 Å². The van der Waals surface area contributed by atoms with E-state index < -0.39 is 7.82 Å². The van der Waals surface area contributed by atoms with Gasteiger partial charge < -0.3 is 4.52 Å². The van der Waals surface area contributed by atoms with Crippen molar-refractivity contribution in [2.45, 2.75) is 0 Å². The van der Waals surface area contributed by atoms with Crippen molar-refractivity contribution in [3.05, 3.63) is 42.0 Å². The van der Waals surface area contributed by atoms with Crippen LogP contribution in [0, 0.1) is 0 Å². The molecular weight excluding hydrogens is 259 g/mol. The maximum absolute atomic E-state index is 11.1. The van der Waals surface area contributed by atoms with Crippen LogP contribution in [0.4, 0.5) is 0 Å². The maximum atomic E-state index is 11.1. The van der Waals surface area contributed by atoms with Crippen molar-refractivity contribution in [2.24, 2.45) is 0 Å². The highest BCUT2D eigenvalue weighted by Crippen LogP contribution is 2.43. The highest BCUT2D eigenvalue weighted by Gasteiger charge is 2.23. The molecule has 0 amide bonds. The first-order valence-electron chi connectivity index (χ1n) is 4.89. The van der Waals surface area contributed by atoms with Gasteiger partial charge >= 0.3 is 7.82 Å². The van der Waals surface area contributed by atoms with Gasteiger partial charge in [-0.25, -0.2) is 9.82 Å². The summed E-state index contributed by atoms with van der Waals surface area (Å²) in [5.41, 5.74) is 0.307. The van der Waals surface area contributed by atoms with Crippen molar-refractivity contribution in [2.75, 3.05) is 0 Å². The molecule has 2 aromatic rings. The van der Waals surface area contributed by atoms with Gasteiger partial charge in [-0.1, -0.05) is 24.3 Å². The number of rotatable bonds is 4. The van der Waals surface area contributed by atoms with Crippen molar-refractivity contribution >= 4 is 24.9 Å². The third-order valence-electron chi connectivity index (χ3n) is 2.32. The molecule has 94 valence electrons. The van der Waals surface area contributed by atoms with Crippen LogP contribution >= 0.6 is 7.82 Å². The van der Waals surface area contributed by atoms with Crippen LogP contribution in [0.15, 0.2) is 36.4 Å². The minimum Gasteiger partial charge on any atom is -0.403 e. The summed E-state index contributed by atoms with van der Waals surface area (Å²) in [6, 6.07) is 9.73. The van der Waals surface area contributed by atoms with Crippen LogP contribution in [0.2, 0.25) is 0 Å². The lowest BCUT2D eigenvalue weighted by Gasteiger charge is -2.10. The summed E-state index contributed by atoms with van der Waals surface area (Å²) in [5.74, 6) is -0.0457. The molecule has 0 spiro atoms. The second-order valence-electron chi connectivity index (χ2n) is 3.49. The zero-order valence-electron chi connectivity index (χ0n) is 9.02. The summed E-state index contributed by atoms with van der Waals surface area (Å²) in [5, 5.41) is 9.54. The number of hydrogen-bond donors (Lipinski definition) is 2. The molecule has 0 fully saturated rings. The minimum absolute atomic E-state index is 0.0457. The van der Waals surface area contributed by atoms with Crippen LogP contribution in [0.25, 0.3) is 10.8 Å². The number of carbonyl (C=O) groups is 1. The number of fused-ring (bicyclic) bond motifs is 1. The van der Waals surface area contributed by atoms with Gasteiger partial charge in [-0.2, -0.15) is 0 Å². The Kier molecular flexibility index (Phi) is 3.45. The first kappa shape index (κ1) is 12.7. The predicted molar refractivity (Wildman–Crippen MR) is 63.5 cm³/mol. The summed E-state index contributed by atoms with van der Waals surface area (Å²) in [7, 11) is -4.56. The fourth-order valence-electron chi connectivity index (χ4n) is 1.61. The lowest BCUT2D eigenvalue weighted by Crippen LogP contribution is -1.95. The lowest BCUT2D eigenvalue weighted by molar-refractivity contribution is -0.156. The van der Waals surface area contributed by atoms with Crippen molar-refractivity contribution in [3.8, 4) is 5.75 Å². The topological polar surface area (TPSA) is 93.1 Å². The van der Waals surface area contributed by atoms with E-state index in [0.29, 0.717) is 22.6 Å². The average Bonchev–Trinajstić information content (AvgIpc) is 2.37. The van der Waals surface area contributed by atoms with Crippen molar-refractivity contribution in [1.82, 2.24) is 0 Å². The van der Waals surface area contributed by atoms with Gasteiger partial charge in [-0.15, -0.1) is 4.67 Å². The lowest BCUT2D eigenvalue weighted by atomic mass is 10.1. The van der Waals surface area contributed by atoms with E-state index in [0.717, 1.165) is 0 Å². The second kappa shape index (κ2) is 4.88. The highest BCUT2D eigenvalue weighted by atomic mass is 31.2. The van der Waals surface area contributed by atoms with E-state index in [9.17, 15) is 9.36 Å². The zero-order valence-corrected chi connectivity index (χ0v) is 9.91. The van der Waals surface area contributed by atoms with Gasteiger partial charge in [-0.3, -0.25) is 9.69 Å². The van der Waals surface area contributed by atoms with E-state index in [2.05, 4.69) is 9.20 Å². The molecule has 0 aliphatic rings. The molecule has 2 aromatic carbocycles. The Balaban J connectivity index is 2.54. The van der Waals surface area contributed by atoms with E-state index in [1.165, 1.54) is 12.1 Å². The minimum atomic E-state index is -4.56. The van der Waals surface area contributed by atoms with Gasteiger partial charge in [0, 0.05) is 5.56 Å². The molecule has 1 atom stereocenters. The largest absolute Gasteiger partial charge is 0.555 e. The van der Waals surface area contributed by atoms with Crippen LogP contribution in [0.5, 0.6) is 5.75 Å². The molecule has 18 heavy (non-hydrogen) atoms. The Morgan fingerprint density at radius 3 is 2.61 bits per heavy atom. The molecule has 2 rings (SSSR count). The molecule has 7 heteroatoms. The van der Waals surface area contributed by atoms with Crippen LogP contribution in [0.1, 0.15) is 10.4 Å². The number of benzene rings is 2. The van der Waals surface area contributed by atoms with E-state index in [-0.39, 0.29) is 5.75 Å². The van der Waals surface area contributed by atoms with Gasteiger partial charge in [0.1, 0.15) is 5.75 Å². The molecule has 0 saturated carbocycles. The second-order valence-corrected chi connectivity index (χ2v) is 4.78. The molecule has 1 unspecified atom stereocenters. The number of carbonyl (C=O) groups excluding carboxylic acids is 1. The third-order valence-corrected chi connectivity index (χ3v) is 2.97. The molecular formula is C11H9O6P. The Labute approximate surface area is 102 Å². The summed E-state index contributed by atoms with van der Waals surface area (Å²) in [6.07, 6.45) is 0.608. The fourth-order valence-corrected chi connectivity index (χ4v) is 2.02. The normalized spacial score (nSPS) is 14.1. The number of phosphoric ester groups is 1. The predicted octanol–water partition coefficient (Wildman–Crippen LogP) is 2.62. The summed E-state index contributed by atoms with van der Waals surface area (Å²) in [4.78, 5) is 19.9. The summed E-state index contributed by atoms with van der Waals surface area (Å²) >= 11 is 0. The van der Waals surface area contributed by atoms with E-state index in [1.807, 2.05) is 0 Å². The molecule has 0 heterocycles. The zero-order chi connectivity index (χ0) is 13.2. The maximum Gasteiger partial charge on any atom is 0.555 e. The van der Waals surface area contributed by atoms with Gasteiger partial charge in [0.25, 0.3) is 0 Å². The third kappa shape index (κ3) is 2.57. The van der Waals surface area contributed by atoms with Crippen molar-refractivity contribution < 1.29 is 28.7 Å². The molecule has 6 nitrogen and oxygen atoms in total. The quantitative estimate of drug-likeness (QED) is 0.383. The fraction of sp³-hybridized carbons (Fsp3) is 0. The SMILES string of the molecule is O=Cc1cc(OP(=O)(O)OO)cc2ccccc12. The van der Waals surface area contributed by atoms with Crippen LogP contribution in [-0.4, -0.2) is 16.4 Å². The Hall–Kier alpha value is -1.72. The van der Waals surface area contributed by atoms with Crippen molar-refractivity contribution in [1.29, 1.82) is 0 Å². The van der Waals surface area contributed by atoms with E-state index >= 15 is 0 Å². The van der Waals surface area contributed by atoms with Gasteiger partial charge in [0.15, 0.2) is 6.29 Å². The molecule has 0 saturated heterocycles. The molecule has 2 N–H and O–H groups in total. The smallest absolute Gasteiger partial charge is 0.403 e. The number of aldehydes is 1. The average molecular weight is 268 g/mol. The van der Waals surface area contributed by atoms with Gasteiger partial charge in [-0.05, 0) is 22.9 Å². The first-order chi connectivity index (χ1) is 8.55. The Morgan fingerprint density at radius 1 is 1.22 bits per heavy atom. The van der Waals surface area contributed by atoms with Crippen molar-refractivity contribution in [3.63, 3.8) is 0 Å². The monoisotopic (exact) mass is 268 g/mol. The van der Waals surface area contributed by atoms with Crippen LogP contribution < -0.4 is 4.52 Å². The first-order valence-corrected chi connectivity index (χ1v) is 6.39. The number of hydrogen-bond acceptors (Lipinski definition) is 5. The molecule has 0 radical (unpaired) electrons. The van der Waals surface area contributed by atoms with E-state index in [1.54, 1.807) is 24.3 Å². The Bertz CT molecular complexity index is 638. The molecule has 0 aliphatic heterocycles. The Morgan fingerprint density at radius 2 is 1.94 bits per heavy atom.